The monoisotopic (exact) mass is 431 g/mol. The Labute approximate surface area is 180 Å². The molecule has 1 aromatic carbocycles. The van der Waals surface area contributed by atoms with Crippen LogP contribution in [0, 0.1) is 23.5 Å². The molecule has 2 amide bonds. The summed E-state index contributed by atoms with van der Waals surface area (Å²) in [6.45, 7) is 1.94. The second-order valence-electron chi connectivity index (χ2n) is 8.51. The Balaban J connectivity index is 1.25. The average molecular weight is 431 g/mol. The van der Waals surface area contributed by atoms with Gasteiger partial charge in [0.25, 0.3) is 5.91 Å². The molecule has 1 saturated heterocycles. The number of benzene rings is 1. The summed E-state index contributed by atoms with van der Waals surface area (Å²) >= 11 is 0. The van der Waals surface area contributed by atoms with Crippen molar-refractivity contribution in [3.8, 4) is 11.3 Å². The third-order valence-electron chi connectivity index (χ3n) is 6.37. The summed E-state index contributed by atoms with van der Waals surface area (Å²) in [4.78, 5) is 27.0. The van der Waals surface area contributed by atoms with E-state index in [0.717, 1.165) is 63.7 Å². The van der Waals surface area contributed by atoms with Gasteiger partial charge in [0.15, 0.2) is 11.5 Å². The van der Waals surface area contributed by atoms with Crippen LogP contribution in [0.1, 0.15) is 55.4 Å². The van der Waals surface area contributed by atoms with Gasteiger partial charge >= 0.3 is 0 Å². The van der Waals surface area contributed by atoms with Crippen LogP contribution < -0.4 is 5.32 Å². The highest BCUT2D eigenvalue weighted by molar-refractivity contribution is 5.93. The van der Waals surface area contributed by atoms with Crippen molar-refractivity contribution in [3.05, 3.63) is 41.6 Å². The van der Waals surface area contributed by atoms with Gasteiger partial charge in [-0.3, -0.25) is 9.59 Å². The maximum absolute atomic E-state index is 13.9. The van der Waals surface area contributed by atoms with Crippen molar-refractivity contribution in [3.63, 3.8) is 0 Å². The van der Waals surface area contributed by atoms with E-state index in [2.05, 4.69) is 10.5 Å². The lowest BCUT2D eigenvalue weighted by atomic mass is 9.87. The summed E-state index contributed by atoms with van der Waals surface area (Å²) in [6.07, 6.45) is 7.25. The molecule has 166 valence electrons. The Hall–Kier alpha value is -2.77. The summed E-state index contributed by atoms with van der Waals surface area (Å²) < 4.78 is 32.0. The van der Waals surface area contributed by atoms with Gasteiger partial charge in [0.1, 0.15) is 11.6 Å². The predicted molar refractivity (Wildman–Crippen MR) is 110 cm³/mol. The highest BCUT2D eigenvalue weighted by atomic mass is 19.1. The average Bonchev–Trinajstić information content (AvgIpc) is 3.28. The highest BCUT2D eigenvalue weighted by Gasteiger charge is 2.29. The van der Waals surface area contributed by atoms with Crippen LogP contribution in [-0.4, -0.2) is 41.5 Å². The number of amides is 2. The topological polar surface area (TPSA) is 75.4 Å². The van der Waals surface area contributed by atoms with Gasteiger partial charge in [-0.15, -0.1) is 0 Å². The van der Waals surface area contributed by atoms with E-state index in [4.69, 9.17) is 4.52 Å². The zero-order valence-electron chi connectivity index (χ0n) is 17.4. The lowest BCUT2D eigenvalue weighted by Gasteiger charge is -2.35. The molecule has 2 fully saturated rings. The largest absolute Gasteiger partial charge is 0.355 e. The van der Waals surface area contributed by atoms with Crippen molar-refractivity contribution < 1.29 is 22.9 Å². The van der Waals surface area contributed by atoms with Crippen LogP contribution in [0.25, 0.3) is 11.3 Å². The van der Waals surface area contributed by atoms with Crippen molar-refractivity contribution in [2.24, 2.45) is 11.8 Å². The maximum atomic E-state index is 13.9. The van der Waals surface area contributed by atoms with Gasteiger partial charge in [0.05, 0.1) is 5.56 Å². The van der Waals surface area contributed by atoms with Gasteiger partial charge < -0.3 is 14.7 Å². The molecule has 2 heterocycles. The Morgan fingerprint density at radius 2 is 1.81 bits per heavy atom. The van der Waals surface area contributed by atoms with Crippen LogP contribution in [-0.2, 0) is 4.79 Å². The van der Waals surface area contributed by atoms with Crippen molar-refractivity contribution in [1.82, 2.24) is 15.4 Å². The van der Waals surface area contributed by atoms with Gasteiger partial charge in [-0.2, -0.15) is 0 Å². The number of nitrogens with zero attached hydrogens (tertiary/aromatic N) is 2. The summed E-state index contributed by atoms with van der Waals surface area (Å²) in [5, 5.41) is 6.55. The molecule has 1 N–H and O–H groups in total. The number of hydrogen-bond acceptors (Lipinski definition) is 4. The van der Waals surface area contributed by atoms with Gasteiger partial charge in [-0.1, -0.05) is 24.4 Å². The summed E-state index contributed by atoms with van der Waals surface area (Å²) in [5.74, 6) is -1.03. The molecule has 6 nitrogen and oxygen atoms in total. The number of likely N-dealkylation sites (tertiary alicyclic amines) is 1. The summed E-state index contributed by atoms with van der Waals surface area (Å²) in [6, 6.07) is 4.46. The first kappa shape index (κ1) is 21.5. The maximum Gasteiger partial charge on any atom is 0.273 e. The number of rotatable bonds is 5. The Bertz CT molecular complexity index is 932. The number of hydrogen-bond donors (Lipinski definition) is 1. The molecule has 31 heavy (non-hydrogen) atoms. The molecule has 2 aliphatic rings. The minimum atomic E-state index is -0.780. The van der Waals surface area contributed by atoms with Crippen LogP contribution in [0.2, 0.25) is 0 Å². The van der Waals surface area contributed by atoms with Crippen LogP contribution in [0.4, 0.5) is 8.78 Å². The fourth-order valence-corrected chi connectivity index (χ4v) is 4.49. The fourth-order valence-electron chi connectivity index (χ4n) is 4.49. The molecule has 0 atom stereocenters. The van der Waals surface area contributed by atoms with E-state index in [1.54, 1.807) is 0 Å². The first-order valence-corrected chi connectivity index (χ1v) is 11.0. The minimum Gasteiger partial charge on any atom is -0.355 e. The van der Waals surface area contributed by atoms with Crippen LogP contribution in [0.5, 0.6) is 0 Å². The van der Waals surface area contributed by atoms with E-state index < -0.39 is 17.5 Å². The van der Waals surface area contributed by atoms with Crippen LogP contribution in [0.3, 0.4) is 0 Å². The van der Waals surface area contributed by atoms with E-state index in [1.165, 1.54) is 18.6 Å². The first-order valence-electron chi connectivity index (χ1n) is 11.0. The third kappa shape index (κ3) is 5.11. The molecule has 2 aromatic rings. The number of nitrogens with one attached hydrogen (secondary N) is 1. The predicted octanol–water partition coefficient (Wildman–Crippen LogP) is 4.17. The van der Waals surface area contributed by atoms with Crippen molar-refractivity contribution in [2.45, 2.75) is 44.9 Å². The fraction of sp³-hybridized carbons (Fsp3) is 0.522. The molecule has 1 aliphatic heterocycles. The number of halogens is 2. The van der Waals surface area contributed by atoms with E-state index in [-0.39, 0.29) is 22.9 Å². The highest BCUT2D eigenvalue weighted by Crippen LogP contribution is 2.28. The molecule has 0 radical (unpaired) electrons. The Kier molecular flexibility index (Phi) is 6.63. The Morgan fingerprint density at radius 3 is 2.52 bits per heavy atom. The Morgan fingerprint density at radius 1 is 1.06 bits per heavy atom. The second kappa shape index (κ2) is 9.58. The standard InChI is InChI=1S/C23H27F2N3O3/c24-17-6-7-18(19(25)12-17)21-13-20(27-31-21)22(29)26-14-15-8-10-28(11-9-15)23(30)16-4-2-1-3-5-16/h6-7,12-13,15-16H,1-5,8-11,14H2,(H,26,29). The van der Waals surface area contributed by atoms with Crippen molar-refractivity contribution in [1.29, 1.82) is 0 Å². The van der Waals surface area contributed by atoms with Gasteiger partial charge in [-0.25, -0.2) is 8.78 Å². The van der Waals surface area contributed by atoms with E-state index >= 15 is 0 Å². The molecule has 1 aliphatic carbocycles. The number of aromatic nitrogens is 1. The molecular weight excluding hydrogens is 404 g/mol. The normalized spacial score (nSPS) is 18.2. The molecule has 1 aromatic heterocycles. The smallest absolute Gasteiger partial charge is 0.273 e. The van der Waals surface area contributed by atoms with Gasteiger partial charge in [0.2, 0.25) is 5.91 Å². The zero-order chi connectivity index (χ0) is 21.8. The molecule has 0 bridgehead atoms. The number of carbonyl (C=O) groups excluding carboxylic acids is 2. The van der Waals surface area contributed by atoms with Crippen LogP contribution >= 0.6 is 0 Å². The lowest BCUT2D eigenvalue weighted by molar-refractivity contribution is -0.138. The van der Waals surface area contributed by atoms with E-state index in [1.807, 2.05) is 4.90 Å². The molecule has 1 saturated carbocycles. The van der Waals surface area contributed by atoms with Gasteiger partial charge in [0, 0.05) is 37.7 Å². The first-order chi connectivity index (χ1) is 15.0. The molecule has 4 rings (SSSR count). The van der Waals surface area contributed by atoms with E-state index in [0.29, 0.717) is 18.4 Å². The summed E-state index contributed by atoms with van der Waals surface area (Å²) in [7, 11) is 0. The van der Waals surface area contributed by atoms with Crippen molar-refractivity contribution >= 4 is 11.8 Å². The molecule has 0 spiro atoms. The molecule has 0 unspecified atom stereocenters. The molecular formula is C23H27F2N3O3. The zero-order valence-corrected chi connectivity index (χ0v) is 17.4. The number of carbonyl (C=O) groups is 2. The SMILES string of the molecule is O=C(NCC1CCN(C(=O)C2CCCCC2)CC1)c1cc(-c2ccc(F)cc2F)on1. The minimum absolute atomic E-state index is 0.0444. The van der Waals surface area contributed by atoms with E-state index in [9.17, 15) is 18.4 Å². The number of piperidine rings is 1. The van der Waals surface area contributed by atoms with Crippen molar-refractivity contribution in [2.75, 3.05) is 19.6 Å². The quantitative estimate of drug-likeness (QED) is 0.771. The molecule has 8 heteroatoms. The van der Waals surface area contributed by atoms with Crippen LogP contribution in [0.15, 0.2) is 28.8 Å². The lowest BCUT2D eigenvalue weighted by Crippen LogP contribution is -2.44. The second-order valence-corrected chi connectivity index (χ2v) is 8.51. The third-order valence-corrected chi connectivity index (χ3v) is 6.37. The summed E-state index contributed by atoms with van der Waals surface area (Å²) in [5.41, 5.74) is 0.0894. The van der Waals surface area contributed by atoms with Gasteiger partial charge in [-0.05, 0) is 43.7 Å².